The minimum absolute atomic E-state index is 0.0184. The third-order valence-corrected chi connectivity index (χ3v) is 4.82. The van der Waals surface area contributed by atoms with E-state index in [2.05, 4.69) is 27.1 Å². The van der Waals surface area contributed by atoms with Gasteiger partial charge in [-0.3, -0.25) is 14.7 Å². The Morgan fingerprint density at radius 2 is 2.17 bits per heavy atom. The molecule has 1 fully saturated rings. The van der Waals surface area contributed by atoms with Gasteiger partial charge in [0.25, 0.3) is 0 Å². The van der Waals surface area contributed by atoms with E-state index < -0.39 is 5.97 Å². The van der Waals surface area contributed by atoms with Gasteiger partial charge in [0.15, 0.2) is 0 Å². The second kappa shape index (κ2) is 12.0. The Kier molecular flexibility index (Phi) is 9.33. The smallest absolute Gasteiger partial charge is 0.335 e. The van der Waals surface area contributed by atoms with E-state index in [4.69, 9.17) is 9.52 Å². The molecule has 2 rings (SSSR count). The van der Waals surface area contributed by atoms with Crippen molar-refractivity contribution in [3.63, 3.8) is 0 Å². The van der Waals surface area contributed by atoms with Gasteiger partial charge in [0.2, 0.25) is 5.91 Å². The first-order valence-corrected chi connectivity index (χ1v) is 9.79. The van der Waals surface area contributed by atoms with Crippen LogP contribution in [0.4, 0.5) is 0 Å². The van der Waals surface area contributed by atoms with Crippen LogP contribution in [-0.4, -0.2) is 66.9 Å². The first kappa shape index (κ1) is 22.6. The maximum atomic E-state index is 12.2. The van der Waals surface area contributed by atoms with Crippen LogP contribution in [0.3, 0.4) is 0 Å². The van der Waals surface area contributed by atoms with Crippen LogP contribution in [0.1, 0.15) is 25.0 Å². The zero-order valence-electron chi connectivity index (χ0n) is 16.9. The molecule has 1 aromatic heterocycles. The van der Waals surface area contributed by atoms with Crippen molar-refractivity contribution in [1.82, 2.24) is 15.5 Å². The topological polar surface area (TPSA) is 107 Å². The molecular weight excluding hydrogens is 372 g/mol. The molecule has 0 aromatic carbocycles. The lowest BCUT2D eigenvalue weighted by Crippen LogP contribution is -2.44. The van der Waals surface area contributed by atoms with Crippen molar-refractivity contribution in [2.75, 3.05) is 33.2 Å². The summed E-state index contributed by atoms with van der Waals surface area (Å²) in [6.45, 7) is 7.04. The minimum Gasteiger partial charge on any atom is -0.478 e. The molecule has 3 N–H and O–H groups in total. The van der Waals surface area contributed by atoms with E-state index in [0.29, 0.717) is 25.2 Å². The first-order valence-electron chi connectivity index (χ1n) is 9.79. The summed E-state index contributed by atoms with van der Waals surface area (Å²) in [6, 6.07) is 4.08. The molecule has 0 radical (unpaired) electrons. The van der Waals surface area contributed by atoms with Crippen LogP contribution >= 0.6 is 0 Å². The highest BCUT2D eigenvalue weighted by Crippen LogP contribution is 2.14. The molecule has 0 atom stereocenters. The molecular formula is C21H30N4O4. The van der Waals surface area contributed by atoms with Gasteiger partial charge in [-0.15, -0.1) is 0 Å². The average molecular weight is 402 g/mol. The van der Waals surface area contributed by atoms with Gasteiger partial charge in [0.05, 0.1) is 18.4 Å². The van der Waals surface area contributed by atoms with Gasteiger partial charge >= 0.3 is 5.97 Å². The van der Waals surface area contributed by atoms with Crippen molar-refractivity contribution >= 4 is 17.6 Å². The van der Waals surface area contributed by atoms with Crippen molar-refractivity contribution < 1.29 is 19.1 Å². The largest absolute Gasteiger partial charge is 0.478 e. The van der Waals surface area contributed by atoms with Crippen molar-refractivity contribution in [1.29, 1.82) is 0 Å². The summed E-state index contributed by atoms with van der Waals surface area (Å²) in [5.74, 6) is -0.0625. The molecule has 29 heavy (non-hydrogen) atoms. The maximum Gasteiger partial charge on any atom is 0.335 e. The number of nitrogens with one attached hydrogen (secondary N) is 2. The number of amides is 1. The van der Waals surface area contributed by atoms with Crippen LogP contribution in [0.15, 0.2) is 52.1 Å². The van der Waals surface area contributed by atoms with Crippen LogP contribution in [0.5, 0.6) is 0 Å². The standard InChI is InChI=1S/C21H30N4O4/c1-3-16(21(27)28)13-18(22-2)14-23-9-6-20(26)24-17-7-10-25(11-8-17)15-19-5-4-12-29-19/h3-5,12-13,17,23H,1,6-11,14-15H2,2H3,(H,24,26)(H,27,28)/b16-13+,22-18+. The van der Waals surface area contributed by atoms with Gasteiger partial charge in [-0.25, -0.2) is 4.79 Å². The van der Waals surface area contributed by atoms with E-state index >= 15 is 0 Å². The fourth-order valence-electron chi connectivity index (χ4n) is 3.16. The van der Waals surface area contributed by atoms with E-state index in [1.807, 2.05) is 12.1 Å². The number of hydrogen-bond donors (Lipinski definition) is 3. The molecule has 1 amide bonds. The monoisotopic (exact) mass is 402 g/mol. The van der Waals surface area contributed by atoms with Gasteiger partial charge < -0.3 is 20.2 Å². The minimum atomic E-state index is -1.05. The summed E-state index contributed by atoms with van der Waals surface area (Å²) >= 11 is 0. The van der Waals surface area contributed by atoms with Crippen LogP contribution < -0.4 is 10.6 Å². The molecule has 8 nitrogen and oxygen atoms in total. The number of carbonyl (C=O) groups excluding carboxylic acids is 1. The summed E-state index contributed by atoms with van der Waals surface area (Å²) in [7, 11) is 1.60. The van der Waals surface area contributed by atoms with E-state index in [0.717, 1.165) is 38.2 Å². The third kappa shape index (κ3) is 8.05. The predicted octanol–water partition coefficient (Wildman–Crippen LogP) is 1.61. The molecule has 2 heterocycles. The number of likely N-dealkylation sites (tertiary alicyclic amines) is 1. The summed E-state index contributed by atoms with van der Waals surface area (Å²) in [5, 5.41) is 15.2. The summed E-state index contributed by atoms with van der Waals surface area (Å²) in [6.07, 6.45) is 6.65. The molecule has 8 heteroatoms. The number of piperidine rings is 1. The summed E-state index contributed by atoms with van der Waals surface area (Å²) in [5.41, 5.74) is 0.676. The number of carbonyl (C=O) groups is 2. The van der Waals surface area contributed by atoms with Crippen molar-refractivity contribution in [2.24, 2.45) is 4.99 Å². The Hall–Kier alpha value is -2.71. The molecule has 0 saturated carbocycles. The van der Waals surface area contributed by atoms with Crippen LogP contribution in [-0.2, 0) is 16.1 Å². The Morgan fingerprint density at radius 3 is 2.76 bits per heavy atom. The zero-order chi connectivity index (χ0) is 21.1. The molecule has 1 aliphatic heterocycles. The molecule has 1 saturated heterocycles. The molecule has 0 unspecified atom stereocenters. The highest BCUT2D eigenvalue weighted by atomic mass is 16.4. The van der Waals surface area contributed by atoms with Crippen LogP contribution in [0.2, 0.25) is 0 Å². The second-order valence-corrected chi connectivity index (χ2v) is 6.95. The highest BCUT2D eigenvalue weighted by molar-refractivity contribution is 6.04. The molecule has 0 spiro atoms. The van der Waals surface area contributed by atoms with Gasteiger partial charge in [-0.05, 0) is 31.1 Å². The first-order chi connectivity index (χ1) is 14.0. The SMILES string of the molecule is C=C/C(=C\C(CNCCC(=O)NC1CCN(Cc2ccco2)CC1)=N/C)C(=O)O. The molecule has 0 bridgehead atoms. The number of aliphatic carboxylic acids is 1. The lowest BCUT2D eigenvalue weighted by molar-refractivity contribution is -0.132. The lowest BCUT2D eigenvalue weighted by atomic mass is 10.0. The van der Waals surface area contributed by atoms with E-state index in [-0.39, 0.29) is 17.5 Å². The Labute approximate surface area is 171 Å². The molecule has 158 valence electrons. The number of aliphatic imine (C=N–C) groups is 1. The van der Waals surface area contributed by atoms with Crippen LogP contribution in [0, 0.1) is 0 Å². The number of hydrogen-bond acceptors (Lipinski definition) is 6. The fraction of sp³-hybridized carbons (Fsp3) is 0.476. The number of carboxylic acid groups (broad SMARTS) is 1. The number of rotatable bonds is 11. The highest BCUT2D eigenvalue weighted by Gasteiger charge is 2.21. The lowest BCUT2D eigenvalue weighted by Gasteiger charge is -2.31. The molecule has 0 aliphatic carbocycles. The summed E-state index contributed by atoms with van der Waals surface area (Å²) < 4.78 is 5.38. The Bertz CT molecular complexity index is 732. The normalized spacial score (nSPS) is 16.6. The van der Waals surface area contributed by atoms with Crippen molar-refractivity contribution in [3.8, 4) is 0 Å². The number of nitrogens with zero attached hydrogens (tertiary/aromatic N) is 2. The number of furan rings is 1. The molecule has 1 aliphatic rings. The number of carboxylic acids is 1. The van der Waals surface area contributed by atoms with E-state index in [1.54, 1.807) is 13.3 Å². The fourth-order valence-corrected chi connectivity index (χ4v) is 3.16. The van der Waals surface area contributed by atoms with E-state index in [1.165, 1.54) is 12.2 Å². The zero-order valence-corrected chi connectivity index (χ0v) is 16.9. The average Bonchev–Trinajstić information content (AvgIpc) is 3.22. The van der Waals surface area contributed by atoms with E-state index in [9.17, 15) is 9.59 Å². The Balaban J connectivity index is 1.62. The van der Waals surface area contributed by atoms with Crippen LogP contribution in [0.25, 0.3) is 0 Å². The summed E-state index contributed by atoms with van der Waals surface area (Å²) in [4.78, 5) is 29.6. The Morgan fingerprint density at radius 1 is 1.41 bits per heavy atom. The maximum absolute atomic E-state index is 12.2. The van der Waals surface area contributed by atoms with Gasteiger partial charge in [0, 0.05) is 51.4 Å². The second-order valence-electron chi connectivity index (χ2n) is 6.95. The van der Waals surface area contributed by atoms with Gasteiger partial charge in [-0.2, -0.15) is 0 Å². The van der Waals surface area contributed by atoms with Crippen molar-refractivity contribution in [2.45, 2.75) is 31.8 Å². The molecule has 1 aromatic rings. The van der Waals surface area contributed by atoms with Gasteiger partial charge in [0.1, 0.15) is 5.76 Å². The van der Waals surface area contributed by atoms with Gasteiger partial charge in [-0.1, -0.05) is 12.7 Å². The van der Waals surface area contributed by atoms with Crippen molar-refractivity contribution in [3.05, 3.63) is 48.5 Å². The third-order valence-electron chi connectivity index (χ3n) is 4.82. The predicted molar refractivity (Wildman–Crippen MR) is 112 cm³/mol. The quantitative estimate of drug-likeness (QED) is 0.225.